The van der Waals surface area contributed by atoms with Gasteiger partial charge in [0.15, 0.2) is 0 Å². The van der Waals surface area contributed by atoms with Crippen LogP contribution in [-0.2, 0) is 6.54 Å². The molecule has 0 aliphatic carbocycles. The Morgan fingerprint density at radius 1 is 1.30 bits per heavy atom. The summed E-state index contributed by atoms with van der Waals surface area (Å²) in [5.74, 6) is -0.485. The molecule has 124 valence electrons. The Bertz CT molecular complexity index is 763. The second-order valence-corrected chi connectivity index (χ2v) is 6.15. The number of carbonyl (C=O) groups is 1. The molecular formula is C18H24N2O3. The van der Waals surface area contributed by atoms with E-state index in [0.717, 1.165) is 12.8 Å². The molecule has 0 spiro atoms. The van der Waals surface area contributed by atoms with Crippen LogP contribution >= 0.6 is 0 Å². The van der Waals surface area contributed by atoms with E-state index in [2.05, 4.69) is 5.32 Å². The largest absolute Gasteiger partial charge is 0.506 e. The molecule has 0 saturated heterocycles. The highest BCUT2D eigenvalue weighted by atomic mass is 16.3. The predicted octanol–water partition coefficient (Wildman–Crippen LogP) is 2.89. The van der Waals surface area contributed by atoms with Crippen LogP contribution in [-0.4, -0.2) is 22.1 Å². The number of aryl methyl sites for hydroxylation is 1. The van der Waals surface area contributed by atoms with Gasteiger partial charge in [-0.25, -0.2) is 0 Å². The van der Waals surface area contributed by atoms with Crippen LogP contribution in [0, 0.1) is 5.92 Å². The van der Waals surface area contributed by atoms with Crippen molar-refractivity contribution in [3.8, 4) is 5.75 Å². The Morgan fingerprint density at radius 2 is 2.00 bits per heavy atom. The molecule has 2 rings (SSSR count). The normalized spacial score (nSPS) is 11.1. The Labute approximate surface area is 135 Å². The third-order valence-corrected chi connectivity index (χ3v) is 3.78. The molecule has 5 heteroatoms. The summed E-state index contributed by atoms with van der Waals surface area (Å²) in [4.78, 5) is 25.1. The van der Waals surface area contributed by atoms with Gasteiger partial charge in [0.25, 0.3) is 11.5 Å². The van der Waals surface area contributed by atoms with Crippen LogP contribution in [0.1, 0.15) is 44.0 Å². The van der Waals surface area contributed by atoms with Gasteiger partial charge in [-0.3, -0.25) is 9.59 Å². The second kappa shape index (κ2) is 7.31. The average Bonchev–Trinajstić information content (AvgIpc) is 2.53. The SMILES string of the molecule is CCCCn1c(=O)c(C(=O)NCC(C)C)c(O)c2ccccc21. The van der Waals surface area contributed by atoms with Crippen molar-refractivity contribution in [1.82, 2.24) is 9.88 Å². The van der Waals surface area contributed by atoms with Gasteiger partial charge in [0.05, 0.1) is 5.52 Å². The lowest BCUT2D eigenvalue weighted by Gasteiger charge is -2.15. The van der Waals surface area contributed by atoms with Crippen LogP contribution in [0.15, 0.2) is 29.1 Å². The summed E-state index contributed by atoms with van der Waals surface area (Å²) in [7, 11) is 0. The van der Waals surface area contributed by atoms with Gasteiger partial charge in [0.1, 0.15) is 11.3 Å². The lowest BCUT2D eigenvalue weighted by atomic mass is 10.1. The van der Waals surface area contributed by atoms with E-state index in [-0.39, 0.29) is 17.2 Å². The molecule has 0 unspecified atom stereocenters. The number of fused-ring (bicyclic) bond motifs is 1. The number of benzene rings is 1. The number of rotatable bonds is 6. The van der Waals surface area contributed by atoms with E-state index in [4.69, 9.17) is 0 Å². The van der Waals surface area contributed by atoms with Crippen molar-refractivity contribution in [3.05, 3.63) is 40.2 Å². The first-order valence-corrected chi connectivity index (χ1v) is 8.10. The highest BCUT2D eigenvalue weighted by Gasteiger charge is 2.21. The zero-order valence-corrected chi connectivity index (χ0v) is 13.9. The fourth-order valence-electron chi connectivity index (χ4n) is 2.52. The van der Waals surface area contributed by atoms with Crippen LogP contribution in [0.2, 0.25) is 0 Å². The number of aromatic hydroxyl groups is 1. The number of hydrogen-bond donors (Lipinski definition) is 2. The van der Waals surface area contributed by atoms with E-state index in [9.17, 15) is 14.7 Å². The first-order chi connectivity index (χ1) is 11.0. The van der Waals surface area contributed by atoms with Crippen LogP contribution in [0.5, 0.6) is 5.75 Å². The predicted molar refractivity (Wildman–Crippen MR) is 92.0 cm³/mol. The van der Waals surface area contributed by atoms with Crippen molar-refractivity contribution in [1.29, 1.82) is 0 Å². The molecule has 2 N–H and O–H groups in total. The third-order valence-electron chi connectivity index (χ3n) is 3.78. The maximum absolute atomic E-state index is 12.7. The monoisotopic (exact) mass is 316 g/mol. The van der Waals surface area contributed by atoms with Gasteiger partial charge >= 0.3 is 0 Å². The van der Waals surface area contributed by atoms with Gasteiger partial charge in [0.2, 0.25) is 0 Å². The van der Waals surface area contributed by atoms with Gasteiger partial charge in [-0.15, -0.1) is 0 Å². The van der Waals surface area contributed by atoms with E-state index in [1.165, 1.54) is 0 Å². The molecule has 5 nitrogen and oxygen atoms in total. The summed E-state index contributed by atoms with van der Waals surface area (Å²) in [6.45, 7) is 6.98. The molecule has 0 saturated carbocycles. The molecule has 1 aromatic carbocycles. The standard InChI is InChI=1S/C18H24N2O3/c1-4-5-10-20-14-9-7-6-8-13(14)16(21)15(18(20)23)17(22)19-11-12(2)3/h6-9,12,21H,4-5,10-11H2,1-3H3,(H,19,22). The molecule has 0 fully saturated rings. The Hall–Kier alpha value is -2.30. The summed E-state index contributed by atoms with van der Waals surface area (Å²) in [5, 5.41) is 13.7. The Kier molecular flexibility index (Phi) is 5.42. The average molecular weight is 316 g/mol. The summed E-state index contributed by atoms with van der Waals surface area (Å²) in [6, 6.07) is 7.13. The molecule has 0 radical (unpaired) electrons. The number of nitrogens with one attached hydrogen (secondary N) is 1. The fourth-order valence-corrected chi connectivity index (χ4v) is 2.52. The molecule has 0 aliphatic rings. The van der Waals surface area contributed by atoms with Crippen molar-refractivity contribution in [2.24, 2.45) is 5.92 Å². The molecule has 0 atom stereocenters. The minimum Gasteiger partial charge on any atom is -0.506 e. The van der Waals surface area contributed by atoms with Gasteiger partial charge in [0, 0.05) is 18.5 Å². The number of para-hydroxylation sites is 1. The first-order valence-electron chi connectivity index (χ1n) is 8.10. The number of pyridine rings is 1. The number of hydrogen-bond acceptors (Lipinski definition) is 3. The molecule has 0 bridgehead atoms. The van der Waals surface area contributed by atoms with Gasteiger partial charge < -0.3 is 15.0 Å². The lowest BCUT2D eigenvalue weighted by molar-refractivity contribution is 0.0944. The van der Waals surface area contributed by atoms with E-state index in [1.54, 1.807) is 22.8 Å². The first kappa shape index (κ1) is 17.1. The molecule has 1 aromatic heterocycles. The smallest absolute Gasteiger partial charge is 0.267 e. The van der Waals surface area contributed by atoms with Crippen molar-refractivity contribution < 1.29 is 9.90 Å². The highest BCUT2D eigenvalue weighted by Crippen LogP contribution is 2.26. The number of carbonyl (C=O) groups excluding carboxylic acids is 1. The fraction of sp³-hybridized carbons (Fsp3) is 0.444. The van der Waals surface area contributed by atoms with Crippen LogP contribution in [0.25, 0.3) is 10.9 Å². The molecule has 0 aliphatic heterocycles. The molecular weight excluding hydrogens is 292 g/mol. The maximum Gasteiger partial charge on any atom is 0.267 e. The van der Waals surface area contributed by atoms with E-state index in [0.29, 0.717) is 24.0 Å². The van der Waals surface area contributed by atoms with Crippen LogP contribution in [0.3, 0.4) is 0 Å². The molecule has 23 heavy (non-hydrogen) atoms. The van der Waals surface area contributed by atoms with Crippen LogP contribution in [0.4, 0.5) is 0 Å². The van der Waals surface area contributed by atoms with Gasteiger partial charge in [-0.1, -0.05) is 39.3 Å². The van der Waals surface area contributed by atoms with Gasteiger partial charge in [-0.05, 0) is 24.5 Å². The number of aromatic nitrogens is 1. The highest BCUT2D eigenvalue weighted by molar-refractivity contribution is 6.02. The van der Waals surface area contributed by atoms with Crippen molar-refractivity contribution >= 4 is 16.8 Å². The summed E-state index contributed by atoms with van der Waals surface area (Å²) in [6.07, 6.45) is 1.78. The summed E-state index contributed by atoms with van der Waals surface area (Å²) in [5.41, 5.74) is 0.0558. The van der Waals surface area contributed by atoms with Crippen molar-refractivity contribution in [3.63, 3.8) is 0 Å². The van der Waals surface area contributed by atoms with E-state index in [1.807, 2.05) is 26.8 Å². The number of unbranched alkanes of at least 4 members (excludes halogenated alkanes) is 1. The second-order valence-electron chi connectivity index (χ2n) is 6.15. The third kappa shape index (κ3) is 3.55. The zero-order valence-electron chi connectivity index (χ0n) is 13.9. The summed E-state index contributed by atoms with van der Waals surface area (Å²) < 4.78 is 1.59. The minimum atomic E-state index is -0.516. The van der Waals surface area contributed by atoms with Crippen molar-refractivity contribution in [2.45, 2.75) is 40.2 Å². The van der Waals surface area contributed by atoms with Crippen LogP contribution < -0.4 is 10.9 Å². The number of nitrogens with zero attached hydrogens (tertiary/aromatic N) is 1. The quantitative estimate of drug-likeness (QED) is 0.861. The van der Waals surface area contributed by atoms with Gasteiger partial charge in [-0.2, -0.15) is 0 Å². The number of amides is 1. The van der Waals surface area contributed by atoms with E-state index >= 15 is 0 Å². The maximum atomic E-state index is 12.7. The summed E-state index contributed by atoms with van der Waals surface area (Å²) >= 11 is 0. The van der Waals surface area contributed by atoms with Crippen molar-refractivity contribution in [2.75, 3.05) is 6.54 Å². The zero-order chi connectivity index (χ0) is 17.0. The molecule has 2 aromatic rings. The lowest BCUT2D eigenvalue weighted by Crippen LogP contribution is -2.35. The topological polar surface area (TPSA) is 71.3 Å². The molecule has 1 amide bonds. The van der Waals surface area contributed by atoms with E-state index < -0.39 is 11.5 Å². The molecule has 1 heterocycles. The Balaban J connectivity index is 2.60. The Morgan fingerprint density at radius 3 is 2.65 bits per heavy atom. The minimum absolute atomic E-state index is 0.166.